The minimum absolute atomic E-state index is 0.119. The van der Waals surface area contributed by atoms with Gasteiger partial charge < -0.3 is 10.0 Å². The van der Waals surface area contributed by atoms with Crippen molar-refractivity contribution in [2.24, 2.45) is 0 Å². The number of amides is 1. The molecular formula is C8H11ClF3NO2. The molecule has 0 bridgehead atoms. The summed E-state index contributed by atoms with van der Waals surface area (Å²) in [6.45, 7) is 0.535. The van der Waals surface area contributed by atoms with Crippen LogP contribution in [0.4, 0.5) is 13.2 Å². The molecule has 0 unspecified atom stereocenters. The van der Waals surface area contributed by atoms with Gasteiger partial charge in [0.05, 0.1) is 6.54 Å². The largest absolute Gasteiger partial charge is 0.419 e. The van der Waals surface area contributed by atoms with E-state index in [1.165, 1.54) is 6.92 Å². The van der Waals surface area contributed by atoms with E-state index in [-0.39, 0.29) is 6.54 Å². The van der Waals surface area contributed by atoms with E-state index in [1.807, 2.05) is 0 Å². The lowest BCUT2D eigenvalue weighted by Gasteiger charge is -2.26. The Morgan fingerprint density at radius 2 is 2.13 bits per heavy atom. The molecule has 1 aliphatic rings. The molecule has 0 aliphatic carbocycles. The van der Waals surface area contributed by atoms with Crippen LogP contribution >= 0.6 is 11.6 Å². The predicted octanol–water partition coefficient (Wildman–Crippen LogP) is 1.14. The molecular weight excluding hydrogens is 235 g/mol. The minimum atomic E-state index is -4.71. The van der Waals surface area contributed by atoms with E-state index >= 15 is 0 Å². The normalized spacial score (nSPS) is 29.3. The van der Waals surface area contributed by atoms with E-state index in [9.17, 15) is 23.1 Å². The highest BCUT2D eigenvalue weighted by Gasteiger charge is 2.57. The summed E-state index contributed by atoms with van der Waals surface area (Å²) in [7, 11) is 0. The van der Waals surface area contributed by atoms with Crippen molar-refractivity contribution in [2.45, 2.75) is 30.5 Å². The maximum Gasteiger partial charge on any atom is 0.419 e. The van der Waals surface area contributed by atoms with Gasteiger partial charge in [-0.05, 0) is 6.92 Å². The molecule has 1 amide bonds. The SMILES string of the molecule is C[C@@H](Cl)C(=O)N1CC[C@@](O)(C(F)(F)F)C1. The number of rotatable bonds is 1. The lowest BCUT2D eigenvalue weighted by atomic mass is 10.0. The molecule has 0 radical (unpaired) electrons. The van der Waals surface area contributed by atoms with E-state index in [0.717, 1.165) is 4.90 Å². The van der Waals surface area contributed by atoms with Gasteiger partial charge in [-0.25, -0.2) is 0 Å². The first-order valence-corrected chi connectivity index (χ1v) is 4.83. The fourth-order valence-corrected chi connectivity index (χ4v) is 1.60. The number of aliphatic hydroxyl groups is 1. The minimum Gasteiger partial charge on any atom is -0.379 e. The van der Waals surface area contributed by atoms with E-state index in [1.54, 1.807) is 0 Å². The first kappa shape index (κ1) is 12.6. The molecule has 1 N–H and O–H groups in total. The van der Waals surface area contributed by atoms with Crippen LogP contribution in [0.1, 0.15) is 13.3 Å². The summed E-state index contributed by atoms with van der Waals surface area (Å²) in [6, 6.07) is 0. The van der Waals surface area contributed by atoms with Crippen LogP contribution < -0.4 is 0 Å². The van der Waals surface area contributed by atoms with Crippen LogP contribution in [-0.2, 0) is 4.79 Å². The molecule has 1 fully saturated rings. The summed E-state index contributed by atoms with van der Waals surface area (Å²) < 4.78 is 37.1. The quantitative estimate of drug-likeness (QED) is 0.704. The maximum absolute atomic E-state index is 12.4. The zero-order chi connectivity index (χ0) is 11.9. The second kappa shape index (κ2) is 3.83. The van der Waals surface area contributed by atoms with Crippen LogP contribution in [0.2, 0.25) is 0 Å². The molecule has 88 valence electrons. The van der Waals surface area contributed by atoms with Gasteiger partial charge in [0.2, 0.25) is 5.91 Å². The Hall–Kier alpha value is -0.490. The molecule has 7 heteroatoms. The molecule has 1 rings (SSSR count). The molecule has 15 heavy (non-hydrogen) atoms. The summed E-state index contributed by atoms with van der Waals surface area (Å²) >= 11 is 5.46. The summed E-state index contributed by atoms with van der Waals surface area (Å²) in [5.41, 5.74) is -2.78. The van der Waals surface area contributed by atoms with Crippen molar-refractivity contribution in [2.75, 3.05) is 13.1 Å². The molecule has 0 aromatic carbocycles. The summed E-state index contributed by atoms with van der Waals surface area (Å²) in [6.07, 6.45) is -5.20. The van der Waals surface area contributed by atoms with Crippen molar-refractivity contribution < 1.29 is 23.1 Å². The summed E-state index contributed by atoms with van der Waals surface area (Å²) in [5, 5.41) is 8.39. The molecule has 0 spiro atoms. The van der Waals surface area contributed by atoms with Crippen molar-refractivity contribution in [1.29, 1.82) is 0 Å². The van der Waals surface area contributed by atoms with Gasteiger partial charge in [-0.1, -0.05) is 0 Å². The number of nitrogens with zero attached hydrogens (tertiary/aromatic N) is 1. The predicted molar refractivity (Wildman–Crippen MR) is 47.5 cm³/mol. The molecule has 3 nitrogen and oxygen atoms in total. The van der Waals surface area contributed by atoms with Gasteiger partial charge >= 0.3 is 6.18 Å². The highest BCUT2D eigenvalue weighted by atomic mass is 35.5. The van der Waals surface area contributed by atoms with Gasteiger partial charge in [0.15, 0.2) is 5.60 Å². The van der Waals surface area contributed by atoms with Gasteiger partial charge in [-0.15, -0.1) is 11.6 Å². The Bertz CT molecular complexity index is 269. The summed E-state index contributed by atoms with van der Waals surface area (Å²) in [4.78, 5) is 12.2. The van der Waals surface area contributed by atoms with Gasteiger partial charge in [0, 0.05) is 13.0 Å². The smallest absolute Gasteiger partial charge is 0.379 e. The standard InChI is InChI=1S/C8H11ClF3NO2/c1-5(9)6(14)13-3-2-7(15,4-13)8(10,11)12/h5,15H,2-4H2,1H3/t5-,7+/m1/s1. The van der Waals surface area contributed by atoms with Crippen LogP contribution in [0.15, 0.2) is 0 Å². The van der Waals surface area contributed by atoms with Crippen molar-refractivity contribution in [3.05, 3.63) is 0 Å². The van der Waals surface area contributed by atoms with E-state index < -0.39 is 36.0 Å². The number of halogens is 4. The maximum atomic E-state index is 12.4. The van der Waals surface area contributed by atoms with E-state index in [0.29, 0.717) is 0 Å². The molecule has 1 aliphatic heterocycles. The highest BCUT2D eigenvalue weighted by molar-refractivity contribution is 6.30. The van der Waals surface area contributed by atoms with Crippen LogP contribution in [-0.4, -0.2) is 46.2 Å². The molecule has 0 aromatic heterocycles. The van der Waals surface area contributed by atoms with Crippen LogP contribution in [0.3, 0.4) is 0 Å². The number of alkyl halides is 4. The van der Waals surface area contributed by atoms with Crippen molar-refractivity contribution >= 4 is 17.5 Å². The number of β-amino-alcohol motifs (C(OH)–C–C–N with tert-alkyl or cyclic N) is 1. The van der Waals surface area contributed by atoms with Crippen molar-refractivity contribution in [3.8, 4) is 0 Å². The van der Waals surface area contributed by atoms with Crippen LogP contribution in [0, 0.1) is 0 Å². The number of carbonyl (C=O) groups excluding carboxylic acids is 1. The molecule has 0 saturated carbocycles. The zero-order valence-electron chi connectivity index (χ0n) is 8.01. The number of hydrogen-bond donors (Lipinski definition) is 1. The Morgan fingerprint density at radius 3 is 2.47 bits per heavy atom. The Kier molecular flexibility index (Phi) is 3.21. The van der Waals surface area contributed by atoms with E-state index in [4.69, 9.17) is 11.6 Å². The van der Waals surface area contributed by atoms with E-state index in [2.05, 4.69) is 0 Å². The molecule has 0 aromatic rings. The van der Waals surface area contributed by atoms with Crippen molar-refractivity contribution in [1.82, 2.24) is 4.90 Å². The monoisotopic (exact) mass is 245 g/mol. The first-order valence-electron chi connectivity index (χ1n) is 4.39. The Balaban J connectivity index is 2.71. The topological polar surface area (TPSA) is 40.5 Å². The van der Waals surface area contributed by atoms with Gasteiger partial charge in [-0.2, -0.15) is 13.2 Å². The average Bonchev–Trinajstić information content (AvgIpc) is 2.46. The Morgan fingerprint density at radius 1 is 1.60 bits per heavy atom. The van der Waals surface area contributed by atoms with Crippen molar-refractivity contribution in [3.63, 3.8) is 0 Å². The average molecular weight is 246 g/mol. The number of carbonyl (C=O) groups is 1. The fourth-order valence-electron chi connectivity index (χ4n) is 1.46. The Labute approximate surface area is 89.8 Å². The van der Waals surface area contributed by atoms with Gasteiger partial charge in [0.1, 0.15) is 5.38 Å². The lowest BCUT2D eigenvalue weighted by molar-refractivity contribution is -0.253. The fraction of sp³-hybridized carbons (Fsp3) is 0.875. The summed E-state index contributed by atoms with van der Waals surface area (Å²) in [5.74, 6) is -0.586. The van der Waals surface area contributed by atoms with Gasteiger partial charge in [-0.3, -0.25) is 4.79 Å². The molecule has 1 saturated heterocycles. The third kappa shape index (κ3) is 2.36. The zero-order valence-corrected chi connectivity index (χ0v) is 8.77. The number of likely N-dealkylation sites (tertiary alicyclic amines) is 1. The van der Waals surface area contributed by atoms with Crippen LogP contribution in [0.5, 0.6) is 0 Å². The molecule has 1 heterocycles. The molecule has 2 atom stereocenters. The van der Waals surface area contributed by atoms with Gasteiger partial charge in [0.25, 0.3) is 0 Å². The number of hydrogen-bond acceptors (Lipinski definition) is 2. The van der Waals surface area contributed by atoms with Crippen LogP contribution in [0.25, 0.3) is 0 Å². The third-order valence-electron chi connectivity index (χ3n) is 2.43. The lowest BCUT2D eigenvalue weighted by Crippen LogP contribution is -2.48. The second-order valence-electron chi connectivity index (χ2n) is 3.66. The third-order valence-corrected chi connectivity index (χ3v) is 2.61. The highest BCUT2D eigenvalue weighted by Crippen LogP contribution is 2.37. The first-order chi connectivity index (χ1) is 6.67. The second-order valence-corrected chi connectivity index (χ2v) is 4.31.